The maximum absolute atomic E-state index is 12.3. The quantitative estimate of drug-likeness (QED) is 0.719. The van der Waals surface area contributed by atoms with Gasteiger partial charge >= 0.3 is 0 Å². The standard InChI is InChI=1S/C15H25N3O5S2/c1-12(19)17-13-6-8-14(9-7-13)25(22,23)16-10-11-18(15(2,3)4)24(5,20)21/h6-9,16H,10-11H2,1-5H3,(H,17,19). The molecule has 0 bridgehead atoms. The van der Waals surface area contributed by atoms with Crippen LogP contribution in [-0.4, -0.2) is 51.9 Å². The molecule has 0 radical (unpaired) electrons. The summed E-state index contributed by atoms with van der Waals surface area (Å²) in [5.74, 6) is -0.253. The van der Waals surface area contributed by atoms with Crippen LogP contribution in [0.15, 0.2) is 29.2 Å². The summed E-state index contributed by atoms with van der Waals surface area (Å²) < 4.78 is 51.9. The second kappa shape index (κ2) is 7.81. The first-order chi connectivity index (χ1) is 11.2. The maximum atomic E-state index is 12.3. The summed E-state index contributed by atoms with van der Waals surface area (Å²) in [6.07, 6.45) is 1.09. The zero-order valence-electron chi connectivity index (χ0n) is 15.0. The first kappa shape index (κ1) is 21.6. The second-order valence-corrected chi connectivity index (χ2v) is 10.3. The SMILES string of the molecule is CC(=O)Nc1ccc(S(=O)(=O)NCCN(C(C)(C)C)S(C)(=O)=O)cc1. The van der Waals surface area contributed by atoms with Crippen molar-refractivity contribution in [2.75, 3.05) is 24.7 Å². The molecule has 0 heterocycles. The third-order valence-electron chi connectivity index (χ3n) is 3.24. The highest BCUT2D eigenvalue weighted by atomic mass is 32.2. The van der Waals surface area contributed by atoms with Crippen LogP contribution in [-0.2, 0) is 24.8 Å². The molecule has 0 aliphatic carbocycles. The lowest BCUT2D eigenvalue weighted by molar-refractivity contribution is -0.114. The van der Waals surface area contributed by atoms with Gasteiger partial charge in [0.05, 0.1) is 11.2 Å². The number of carbonyl (C=O) groups excluding carboxylic acids is 1. The Kier molecular flexibility index (Phi) is 6.74. The molecule has 1 rings (SSSR count). The van der Waals surface area contributed by atoms with E-state index in [-0.39, 0.29) is 23.9 Å². The smallest absolute Gasteiger partial charge is 0.240 e. The number of amides is 1. The molecule has 0 aromatic heterocycles. The molecular formula is C15H25N3O5S2. The molecule has 0 saturated heterocycles. The fourth-order valence-electron chi connectivity index (χ4n) is 2.28. The van der Waals surface area contributed by atoms with E-state index in [2.05, 4.69) is 10.0 Å². The number of hydrogen-bond acceptors (Lipinski definition) is 5. The van der Waals surface area contributed by atoms with Crippen LogP contribution >= 0.6 is 0 Å². The van der Waals surface area contributed by atoms with Crippen LogP contribution in [0.5, 0.6) is 0 Å². The summed E-state index contributed by atoms with van der Waals surface area (Å²) in [5.41, 5.74) is -0.165. The van der Waals surface area contributed by atoms with Gasteiger partial charge in [0.2, 0.25) is 26.0 Å². The van der Waals surface area contributed by atoms with E-state index in [0.717, 1.165) is 6.26 Å². The van der Waals surface area contributed by atoms with Gasteiger partial charge in [-0.25, -0.2) is 21.6 Å². The minimum atomic E-state index is -3.78. The predicted octanol–water partition coefficient (Wildman–Crippen LogP) is 0.983. The Balaban J connectivity index is 2.80. The van der Waals surface area contributed by atoms with Crippen molar-refractivity contribution in [2.24, 2.45) is 0 Å². The van der Waals surface area contributed by atoms with E-state index in [1.807, 2.05) is 0 Å². The van der Waals surface area contributed by atoms with Gasteiger partial charge in [0.25, 0.3) is 0 Å². The number of nitrogens with one attached hydrogen (secondary N) is 2. The van der Waals surface area contributed by atoms with Crippen molar-refractivity contribution >= 4 is 31.6 Å². The molecule has 10 heteroatoms. The lowest BCUT2D eigenvalue weighted by atomic mass is 10.1. The van der Waals surface area contributed by atoms with Crippen molar-refractivity contribution in [2.45, 2.75) is 38.1 Å². The average Bonchev–Trinajstić information content (AvgIpc) is 2.40. The molecule has 0 unspecified atom stereocenters. The van der Waals surface area contributed by atoms with Crippen molar-refractivity contribution in [1.82, 2.24) is 9.03 Å². The molecular weight excluding hydrogens is 366 g/mol. The molecule has 0 aliphatic heterocycles. The van der Waals surface area contributed by atoms with E-state index in [9.17, 15) is 21.6 Å². The number of benzene rings is 1. The molecule has 142 valence electrons. The number of rotatable bonds is 7. The van der Waals surface area contributed by atoms with Gasteiger partial charge in [-0.15, -0.1) is 0 Å². The van der Waals surface area contributed by atoms with E-state index in [1.54, 1.807) is 20.8 Å². The number of sulfonamides is 2. The monoisotopic (exact) mass is 391 g/mol. The van der Waals surface area contributed by atoms with Crippen molar-refractivity contribution in [3.05, 3.63) is 24.3 Å². The highest BCUT2D eigenvalue weighted by Crippen LogP contribution is 2.17. The number of hydrogen-bond donors (Lipinski definition) is 2. The van der Waals surface area contributed by atoms with Crippen LogP contribution in [0.2, 0.25) is 0 Å². The van der Waals surface area contributed by atoms with Gasteiger partial charge in [-0.2, -0.15) is 4.31 Å². The van der Waals surface area contributed by atoms with Crippen LogP contribution in [0.1, 0.15) is 27.7 Å². The number of nitrogens with zero attached hydrogens (tertiary/aromatic N) is 1. The topological polar surface area (TPSA) is 113 Å². The Bertz CT molecular complexity index is 810. The Hall–Kier alpha value is -1.49. The zero-order valence-corrected chi connectivity index (χ0v) is 16.7. The number of anilines is 1. The fourth-order valence-corrected chi connectivity index (χ4v) is 4.72. The zero-order chi connectivity index (χ0) is 19.5. The molecule has 0 saturated carbocycles. The maximum Gasteiger partial charge on any atom is 0.240 e. The summed E-state index contributed by atoms with van der Waals surface area (Å²) in [6.45, 7) is 6.54. The normalized spacial score (nSPS) is 13.0. The Morgan fingerprint density at radius 2 is 1.60 bits per heavy atom. The average molecular weight is 392 g/mol. The molecule has 0 atom stereocenters. The third-order valence-corrected chi connectivity index (χ3v) is 6.25. The van der Waals surface area contributed by atoms with Gasteiger partial charge in [0.1, 0.15) is 0 Å². The largest absolute Gasteiger partial charge is 0.326 e. The van der Waals surface area contributed by atoms with Gasteiger partial charge < -0.3 is 5.32 Å². The second-order valence-electron chi connectivity index (χ2n) is 6.61. The van der Waals surface area contributed by atoms with Gasteiger partial charge in [0, 0.05) is 31.2 Å². The van der Waals surface area contributed by atoms with Crippen molar-refractivity contribution < 1.29 is 21.6 Å². The van der Waals surface area contributed by atoms with E-state index in [4.69, 9.17) is 0 Å². The summed E-state index contributed by atoms with van der Waals surface area (Å²) in [7, 11) is -7.24. The summed E-state index contributed by atoms with van der Waals surface area (Å²) in [6, 6.07) is 5.69. The van der Waals surface area contributed by atoms with Crippen molar-refractivity contribution in [3.8, 4) is 0 Å². The lowest BCUT2D eigenvalue weighted by Gasteiger charge is -2.33. The highest BCUT2D eigenvalue weighted by Gasteiger charge is 2.29. The molecule has 2 N–H and O–H groups in total. The van der Waals surface area contributed by atoms with Gasteiger partial charge in [-0.3, -0.25) is 4.79 Å². The molecule has 25 heavy (non-hydrogen) atoms. The summed E-state index contributed by atoms with van der Waals surface area (Å²) >= 11 is 0. The van der Waals surface area contributed by atoms with Gasteiger partial charge in [-0.05, 0) is 45.0 Å². The van der Waals surface area contributed by atoms with Crippen LogP contribution in [0.3, 0.4) is 0 Å². The van der Waals surface area contributed by atoms with E-state index in [0.29, 0.717) is 5.69 Å². The molecule has 1 aromatic rings. The van der Waals surface area contributed by atoms with Crippen molar-refractivity contribution in [1.29, 1.82) is 0 Å². The third kappa shape index (κ3) is 6.73. The highest BCUT2D eigenvalue weighted by molar-refractivity contribution is 7.89. The van der Waals surface area contributed by atoms with Crippen LogP contribution in [0, 0.1) is 0 Å². The lowest BCUT2D eigenvalue weighted by Crippen LogP contribution is -2.48. The van der Waals surface area contributed by atoms with Gasteiger partial charge in [0.15, 0.2) is 0 Å². The molecule has 0 fully saturated rings. The molecule has 0 aliphatic rings. The van der Waals surface area contributed by atoms with E-state index in [1.165, 1.54) is 35.5 Å². The first-order valence-corrected chi connectivity index (χ1v) is 10.9. The minimum absolute atomic E-state index is 0.0194. The summed E-state index contributed by atoms with van der Waals surface area (Å²) in [4.78, 5) is 11.0. The molecule has 1 amide bonds. The van der Waals surface area contributed by atoms with Gasteiger partial charge in [-0.1, -0.05) is 0 Å². The number of carbonyl (C=O) groups is 1. The first-order valence-electron chi connectivity index (χ1n) is 7.58. The van der Waals surface area contributed by atoms with Crippen molar-refractivity contribution in [3.63, 3.8) is 0 Å². The van der Waals surface area contributed by atoms with Crippen LogP contribution < -0.4 is 10.0 Å². The fraction of sp³-hybridized carbons (Fsp3) is 0.533. The molecule has 0 spiro atoms. The van der Waals surface area contributed by atoms with E-state index >= 15 is 0 Å². The van der Waals surface area contributed by atoms with E-state index < -0.39 is 25.6 Å². The molecule has 1 aromatic carbocycles. The molecule has 8 nitrogen and oxygen atoms in total. The van der Waals surface area contributed by atoms with Crippen LogP contribution in [0.4, 0.5) is 5.69 Å². The summed E-state index contributed by atoms with van der Waals surface area (Å²) in [5, 5.41) is 2.55. The Labute approximate surface area is 149 Å². The predicted molar refractivity (Wildman–Crippen MR) is 97.2 cm³/mol. The van der Waals surface area contributed by atoms with Crippen LogP contribution in [0.25, 0.3) is 0 Å². The Morgan fingerprint density at radius 3 is 2.00 bits per heavy atom. The minimum Gasteiger partial charge on any atom is -0.326 e. The Morgan fingerprint density at radius 1 is 1.08 bits per heavy atom.